The molecule has 0 amide bonds. The second kappa shape index (κ2) is 11.0. The van der Waals surface area contributed by atoms with Crippen molar-refractivity contribution in [2.75, 3.05) is 13.2 Å². The predicted molar refractivity (Wildman–Crippen MR) is 121 cm³/mol. The zero-order valence-electron chi connectivity index (χ0n) is 19.7. The number of rotatable bonds is 7. The lowest BCUT2D eigenvalue weighted by Crippen LogP contribution is -2.27. The molecule has 36 heavy (non-hydrogen) atoms. The van der Waals surface area contributed by atoms with Crippen molar-refractivity contribution in [2.24, 2.45) is 5.92 Å². The van der Waals surface area contributed by atoms with Crippen LogP contribution in [-0.4, -0.2) is 18.5 Å². The molecular formula is C27H25F5O4. The fraction of sp³-hybridized carbons (Fsp3) is 0.333. The Kier molecular flexibility index (Phi) is 8.04. The summed E-state index contributed by atoms with van der Waals surface area (Å²) in [4.78, 5) is 4.34. The van der Waals surface area contributed by atoms with Crippen LogP contribution < -0.4 is 0 Å². The molecule has 192 valence electrons. The van der Waals surface area contributed by atoms with Crippen molar-refractivity contribution in [3.63, 3.8) is 0 Å². The van der Waals surface area contributed by atoms with Crippen LogP contribution in [0.15, 0.2) is 42.5 Å². The van der Waals surface area contributed by atoms with E-state index in [9.17, 15) is 18.4 Å². The third kappa shape index (κ3) is 5.29. The van der Waals surface area contributed by atoms with E-state index in [1.54, 1.807) is 0 Å². The summed E-state index contributed by atoms with van der Waals surface area (Å²) in [5.41, 5.74) is -1.06. The predicted octanol–water partition coefficient (Wildman–Crippen LogP) is 7.40. The number of hydrogen-bond donors (Lipinski definition) is 1. The largest absolute Gasteiger partial charge is 0.348 e. The molecule has 1 aliphatic rings. The van der Waals surface area contributed by atoms with E-state index in [-0.39, 0.29) is 33.7 Å². The average molecular weight is 508 g/mol. The molecule has 0 spiro atoms. The van der Waals surface area contributed by atoms with Crippen molar-refractivity contribution >= 4 is 0 Å². The monoisotopic (exact) mass is 508 g/mol. The first-order chi connectivity index (χ1) is 17.2. The maximum absolute atomic E-state index is 15.0. The smallest absolute Gasteiger partial charge is 0.184 e. The Morgan fingerprint density at radius 1 is 0.889 bits per heavy atom. The SMILES string of the molecule is CCCC1COC(c2cc(F)c(C(OO)c3ccc(-c4cc(F)c(C)c(F)c4)c(F)c3)c(F)c2)OC1. The first-order valence-corrected chi connectivity index (χ1v) is 11.5. The summed E-state index contributed by atoms with van der Waals surface area (Å²) in [6, 6.07) is 7.28. The highest BCUT2D eigenvalue weighted by Crippen LogP contribution is 2.36. The maximum atomic E-state index is 15.0. The topological polar surface area (TPSA) is 47.9 Å². The number of benzene rings is 3. The second-order valence-electron chi connectivity index (χ2n) is 8.84. The van der Waals surface area contributed by atoms with Gasteiger partial charge in [0, 0.05) is 22.6 Å². The Morgan fingerprint density at radius 2 is 1.50 bits per heavy atom. The van der Waals surface area contributed by atoms with Gasteiger partial charge in [0.2, 0.25) is 0 Å². The number of halogens is 5. The summed E-state index contributed by atoms with van der Waals surface area (Å²) in [7, 11) is 0. The average Bonchev–Trinajstić information content (AvgIpc) is 2.85. The van der Waals surface area contributed by atoms with Crippen LogP contribution >= 0.6 is 0 Å². The fourth-order valence-electron chi connectivity index (χ4n) is 4.31. The van der Waals surface area contributed by atoms with Crippen molar-refractivity contribution < 1.29 is 41.6 Å². The first-order valence-electron chi connectivity index (χ1n) is 11.5. The van der Waals surface area contributed by atoms with Gasteiger partial charge >= 0.3 is 0 Å². The van der Waals surface area contributed by atoms with Gasteiger partial charge in [0.25, 0.3) is 0 Å². The third-order valence-corrected chi connectivity index (χ3v) is 6.29. The standard InChI is InChI=1S/C27H25F5O4/c1-3-4-15-12-34-27(35-13-15)18-10-23(31)25(24(32)11-18)26(36-33)16-5-6-19(22(30)7-16)17-8-20(28)14(2)21(29)9-17/h5-11,15,26-27,33H,3-4,12-13H2,1-2H3. The molecule has 3 aromatic rings. The maximum Gasteiger partial charge on any atom is 0.184 e. The van der Waals surface area contributed by atoms with Crippen molar-refractivity contribution in [2.45, 2.75) is 39.1 Å². The van der Waals surface area contributed by atoms with Gasteiger partial charge in [-0.1, -0.05) is 25.5 Å². The molecule has 9 heteroatoms. The molecule has 0 aliphatic carbocycles. The zero-order valence-corrected chi connectivity index (χ0v) is 19.7. The van der Waals surface area contributed by atoms with E-state index >= 15 is 8.78 Å². The van der Waals surface area contributed by atoms with Gasteiger partial charge in [-0.2, -0.15) is 0 Å². The van der Waals surface area contributed by atoms with Crippen LogP contribution in [0.3, 0.4) is 0 Å². The highest BCUT2D eigenvalue weighted by Gasteiger charge is 2.29. The number of hydrogen-bond acceptors (Lipinski definition) is 4. The van der Waals surface area contributed by atoms with Crippen LogP contribution in [0.4, 0.5) is 22.0 Å². The van der Waals surface area contributed by atoms with Gasteiger partial charge in [-0.25, -0.2) is 26.8 Å². The van der Waals surface area contributed by atoms with Crippen LogP contribution in [-0.2, 0) is 14.4 Å². The van der Waals surface area contributed by atoms with Crippen molar-refractivity contribution in [1.29, 1.82) is 0 Å². The van der Waals surface area contributed by atoms with Crippen LogP contribution in [0.25, 0.3) is 11.1 Å². The molecule has 4 nitrogen and oxygen atoms in total. The van der Waals surface area contributed by atoms with E-state index in [0.717, 1.165) is 43.2 Å². The molecular weight excluding hydrogens is 483 g/mol. The van der Waals surface area contributed by atoms with Crippen LogP contribution in [0.5, 0.6) is 0 Å². The normalized spacial score (nSPS) is 18.9. The molecule has 1 unspecified atom stereocenters. The molecule has 1 N–H and O–H groups in total. The zero-order chi connectivity index (χ0) is 26.0. The molecule has 1 fully saturated rings. The minimum absolute atomic E-state index is 0.0588. The lowest BCUT2D eigenvalue weighted by molar-refractivity contribution is -0.271. The lowest BCUT2D eigenvalue weighted by Gasteiger charge is -2.30. The molecule has 0 radical (unpaired) electrons. The lowest BCUT2D eigenvalue weighted by atomic mass is 9.95. The van der Waals surface area contributed by atoms with Gasteiger partial charge < -0.3 is 9.47 Å². The summed E-state index contributed by atoms with van der Waals surface area (Å²) in [6.45, 7) is 4.08. The minimum atomic E-state index is -1.71. The van der Waals surface area contributed by atoms with Gasteiger partial charge in [0.05, 0.1) is 18.8 Å². The molecule has 1 heterocycles. The molecule has 1 saturated heterocycles. The molecule has 0 saturated carbocycles. The molecule has 1 aliphatic heterocycles. The second-order valence-corrected chi connectivity index (χ2v) is 8.84. The van der Waals surface area contributed by atoms with E-state index < -0.39 is 47.0 Å². The molecule has 0 bridgehead atoms. The van der Waals surface area contributed by atoms with E-state index in [0.29, 0.717) is 13.2 Å². The van der Waals surface area contributed by atoms with E-state index in [4.69, 9.17) is 9.47 Å². The molecule has 0 aromatic heterocycles. The molecule has 4 rings (SSSR count). The Bertz CT molecular complexity index is 1190. The summed E-state index contributed by atoms with van der Waals surface area (Å²) < 4.78 is 84.1. The van der Waals surface area contributed by atoms with Gasteiger partial charge in [-0.05, 0) is 54.8 Å². The fourth-order valence-corrected chi connectivity index (χ4v) is 4.31. The highest BCUT2D eigenvalue weighted by molar-refractivity contribution is 5.65. The third-order valence-electron chi connectivity index (χ3n) is 6.29. The van der Waals surface area contributed by atoms with Crippen LogP contribution in [0, 0.1) is 41.9 Å². The molecule has 1 atom stereocenters. The van der Waals surface area contributed by atoms with Gasteiger partial charge in [0.1, 0.15) is 35.2 Å². The van der Waals surface area contributed by atoms with Crippen molar-refractivity contribution in [3.05, 3.63) is 93.8 Å². The quantitative estimate of drug-likeness (QED) is 0.205. The summed E-state index contributed by atoms with van der Waals surface area (Å²) >= 11 is 0. The minimum Gasteiger partial charge on any atom is -0.348 e. The van der Waals surface area contributed by atoms with Crippen LogP contribution in [0.1, 0.15) is 54.4 Å². The Labute approximate surface area is 205 Å². The van der Waals surface area contributed by atoms with Gasteiger partial charge in [-0.15, -0.1) is 0 Å². The summed E-state index contributed by atoms with van der Waals surface area (Å²) in [5.74, 6) is -4.53. The Balaban J connectivity index is 1.61. The van der Waals surface area contributed by atoms with Gasteiger partial charge in [0.15, 0.2) is 6.29 Å². The van der Waals surface area contributed by atoms with Gasteiger partial charge in [-0.3, -0.25) is 5.26 Å². The summed E-state index contributed by atoms with van der Waals surface area (Å²) in [6.07, 6.45) is -0.788. The van der Waals surface area contributed by atoms with E-state index in [1.807, 2.05) is 6.92 Å². The Morgan fingerprint density at radius 3 is 2.03 bits per heavy atom. The van der Waals surface area contributed by atoms with Crippen molar-refractivity contribution in [3.8, 4) is 11.1 Å². The van der Waals surface area contributed by atoms with E-state index in [2.05, 4.69) is 4.89 Å². The summed E-state index contributed by atoms with van der Waals surface area (Å²) in [5, 5.41) is 9.46. The highest BCUT2D eigenvalue weighted by atomic mass is 19.1. The van der Waals surface area contributed by atoms with Crippen molar-refractivity contribution in [1.82, 2.24) is 0 Å². The molecule has 3 aromatic carbocycles. The van der Waals surface area contributed by atoms with E-state index in [1.165, 1.54) is 19.1 Å². The van der Waals surface area contributed by atoms with Crippen LogP contribution in [0.2, 0.25) is 0 Å². The first kappa shape index (κ1) is 26.2. The number of ether oxygens (including phenoxy) is 2. The Hall–Kier alpha value is -2.85.